The molecule has 0 fully saturated rings. The van der Waals surface area contributed by atoms with Gasteiger partial charge in [-0.3, -0.25) is 0 Å². The molecule has 4 rings (SSSR count). The number of hydrogen-bond donors (Lipinski definition) is 1. The molecule has 146 valence electrons. The molecule has 5 nitrogen and oxygen atoms in total. The predicted molar refractivity (Wildman–Crippen MR) is 121 cm³/mol. The molecule has 1 aliphatic heterocycles. The Morgan fingerprint density at radius 2 is 1.41 bits per heavy atom. The van der Waals surface area contributed by atoms with Gasteiger partial charge in [0, 0.05) is 33.8 Å². The Hall–Kier alpha value is -2.29. The summed E-state index contributed by atoms with van der Waals surface area (Å²) in [5.41, 5.74) is 2.67. The molecule has 0 spiro atoms. The van der Waals surface area contributed by atoms with E-state index >= 15 is 0 Å². The molecule has 0 aromatic heterocycles. The number of rotatable bonds is 4. The van der Waals surface area contributed by atoms with Crippen LogP contribution in [0.3, 0.4) is 0 Å². The Bertz CT molecular complexity index is 1220. The number of sulfonamides is 1. The van der Waals surface area contributed by atoms with Gasteiger partial charge in [-0.15, -0.1) is 0 Å². The van der Waals surface area contributed by atoms with Crippen LogP contribution in [-0.2, 0) is 10.0 Å². The van der Waals surface area contributed by atoms with E-state index in [-0.39, 0.29) is 9.38 Å². The number of quaternary nitrogens is 1. The van der Waals surface area contributed by atoms with E-state index < -0.39 is 10.0 Å². The fourth-order valence-electron chi connectivity index (χ4n) is 3.36. The highest BCUT2D eigenvalue weighted by atomic mass is 79.9. The van der Waals surface area contributed by atoms with Crippen LogP contribution >= 0.6 is 27.5 Å². The van der Waals surface area contributed by atoms with Gasteiger partial charge in [0.05, 0.1) is 16.7 Å². The number of aliphatic imine (C=N–C) groups is 1. The summed E-state index contributed by atoms with van der Waals surface area (Å²) in [7, 11) is -3.78. The molecule has 0 saturated carbocycles. The topological polar surface area (TPSA) is 72.5 Å². The van der Waals surface area contributed by atoms with Crippen LogP contribution in [0.25, 0.3) is 0 Å². The van der Waals surface area contributed by atoms with E-state index in [2.05, 4.69) is 20.9 Å². The highest BCUT2D eigenvalue weighted by Crippen LogP contribution is 2.41. The molecule has 0 saturated heterocycles. The highest BCUT2D eigenvalue weighted by Gasteiger charge is 2.41. The lowest BCUT2D eigenvalue weighted by molar-refractivity contribution is 0.597. The van der Waals surface area contributed by atoms with Crippen LogP contribution in [0.15, 0.2) is 99.6 Å². The second-order valence-corrected chi connectivity index (χ2v) is 9.41. The molecule has 1 unspecified atom stereocenters. The number of primary sulfonamides is 1. The van der Waals surface area contributed by atoms with Crippen LogP contribution in [0.4, 0.5) is 11.4 Å². The van der Waals surface area contributed by atoms with E-state index in [9.17, 15) is 8.42 Å². The van der Waals surface area contributed by atoms with Crippen molar-refractivity contribution in [3.8, 4) is 0 Å². The summed E-state index contributed by atoms with van der Waals surface area (Å²) in [6.45, 7) is 0. The summed E-state index contributed by atoms with van der Waals surface area (Å²) in [6.07, 6.45) is 3.71. The van der Waals surface area contributed by atoms with Gasteiger partial charge < -0.3 is 0 Å². The van der Waals surface area contributed by atoms with Crippen LogP contribution < -0.4 is 9.62 Å². The molecule has 29 heavy (non-hydrogen) atoms. The molecule has 0 radical (unpaired) electrons. The standard InChI is InChI=1S/C21H16BrClN3O2S/c22-16-3-7-18(8-4-16)26(19-9-11-20(12-10-19)29(24,27)28)14-13-25-21(26)15-1-5-17(23)6-2-15/h1-14H,(H2,24,27,28)/q+1. The zero-order chi connectivity index (χ0) is 20.6. The second-order valence-electron chi connectivity index (χ2n) is 6.50. The lowest BCUT2D eigenvalue weighted by atomic mass is 10.1. The zero-order valence-electron chi connectivity index (χ0n) is 15.0. The number of nitrogens with zero attached hydrogens (tertiary/aromatic N) is 2. The number of halogens is 2. The Balaban J connectivity index is 1.93. The average molecular weight is 490 g/mol. The first-order valence-electron chi connectivity index (χ1n) is 8.61. The molecule has 0 amide bonds. The van der Waals surface area contributed by atoms with Crippen molar-refractivity contribution in [2.24, 2.45) is 10.1 Å². The molecule has 3 aromatic rings. The van der Waals surface area contributed by atoms with Crippen molar-refractivity contribution in [3.63, 3.8) is 0 Å². The monoisotopic (exact) mass is 488 g/mol. The van der Waals surface area contributed by atoms with Gasteiger partial charge in [-0.1, -0.05) is 27.5 Å². The highest BCUT2D eigenvalue weighted by molar-refractivity contribution is 9.10. The van der Waals surface area contributed by atoms with Crippen molar-refractivity contribution in [1.82, 2.24) is 4.48 Å². The molecule has 1 aliphatic rings. The van der Waals surface area contributed by atoms with Crippen LogP contribution in [-0.4, -0.2) is 14.3 Å². The van der Waals surface area contributed by atoms with E-state index in [4.69, 9.17) is 16.7 Å². The third-order valence-electron chi connectivity index (χ3n) is 4.73. The maximum Gasteiger partial charge on any atom is 0.250 e. The molecule has 2 N–H and O–H groups in total. The summed E-state index contributed by atoms with van der Waals surface area (Å²) in [6, 6.07) is 21.9. The summed E-state index contributed by atoms with van der Waals surface area (Å²) in [5, 5.41) is 5.90. The Morgan fingerprint density at radius 1 is 0.862 bits per heavy atom. The average Bonchev–Trinajstić information content (AvgIpc) is 3.14. The quantitative estimate of drug-likeness (QED) is 0.504. The number of amidine groups is 1. The van der Waals surface area contributed by atoms with Crippen molar-refractivity contribution in [2.45, 2.75) is 4.90 Å². The third kappa shape index (κ3) is 3.68. The van der Waals surface area contributed by atoms with Crippen molar-refractivity contribution < 1.29 is 8.42 Å². The normalized spacial score (nSPS) is 18.7. The molecule has 0 aliphatic carbocycles. The Kier molecular flexibility index (Phi) is 5.18. The predicted octanol–water partition coefficient (Wildman–Crippen LogP) is 5.32. The van der Waals surface area contributed by atoms with Crippen molar-refractivity contribution in [2.75, 3.05) is 0 Å². The Morgan fingerprint density at radius 3 is 1.97 bits per heavy atom. The van der Waals surface area contributed by atoms with E-state index in [0.29, 0.717) is 5.02 Å². The minimum absolute atomic E-state index is 0.0587. The van der Waals surface area contributed by atoms with Gasteiger partial charge in [0.15, 0.2) is 0 Å². The van der Waals surface area contributed by atoms with E-state index in [1.165, 1.54) is 12.1 Å². The van der Waals surface area contributed by atoms with Gasteiger partial charge in [0.25, 0.3) is 0 Å². The smallest absolute Gasteiger partial charge is 0.225 e. The van der Waals surface area contributed by atoms with E-state index in [0.717, 1.165) is 27.2 Å². The lowest BCUT2D eigenvalue weighted by Crippen LogP contribution is -2.43. The molecule has 1 atom stereocenters. The van der Waals surface area contributed by atoms with E-state index in [1.54, 1.807) is 18.3 Å². The maximum absolute atomic E-state index is 11.7. The molecule has 8 heteroatoms. The molecule has 0 bridgehead atoms. The van der Waals surface area contributed by atoms with Crippen molar-refractivity contribution in [1.29, 1.82) is 0 Å². The number of hydrogen-bond acceptors (Lipinski definition) is 3. The SMILES string of the molecule is NS(=O)(=O)c1ccc([N+]2(c3ccc(Br)cc3)C=CN=C2c2ccc(Cl)cc2)cc1. The van der Waals surface area contributed by atoms with Gasteiger partial charge in [-0.05, 0) is 48.5 Å². The van der Waals surface area contributed by atoms with Crippen molar-refractivity contribution >= 4 is 54.8 Å². The minimum atomic E-state index is -3.78. The van der Waals surface area contributed by atoms with Gasteiger partial charge in [-0.25, -0.2) is 13.6 Å². The minimum Gasteiger partial charge on any atom is -0.225 e. The van der Waals surface area contributed by atoms with Crippen LogP contribution in [0.5, 0.6) is 0 Å². The maximum atomic E-state index is 11.7. The fourth-order valence-corrected chi connectivity index (χ4v) is 4.26. The zero-order valence-corrected chi connectivity index (χ0v) is 18.2. The van der Waals surface area contributed by atoms with Crippen LogP contribution in [0, 0.1) is 0 Å². The summed E-state index contributed by atoms with van der Waals surface area (Å²) in [4.78, 5) is 4.70. The molecule has 1 heterocycles. The van der Waals surface area contributed by atoms with Crippen molar-refractivity contribution in [3.05, 3.63) is 100 Å². The largest absolute Gasteiger partial charge is 0.250 e. The lowest BCUT2D eigenvalue weighted by Gasteiger charge is -2.31. The first-order chi connectivity index (χ1) is 13.8. The fraction of sp³-hybridized carbons (Fsp3) is 0. The first kappa shape index (κ1) is 20.0. The second kappa shape index (κ2) is 7.51. The summed E-state index contributed by atoms with van der Waals surface area (Å²) >= 11 is 9.54. The molecule has 3 aromatic carbocycles. The van der Waals surface area contributed by atoms with Gasteiger partial charge >= 0.3 is 0 Å². The molecular weight excluding hydrogens is 474 g/mol. The van der Waals surface area contributed by atoms with E-state index in [1.807, 2.05) is 54.7 Å². The number of benzene rings is 3. The van der Waals surface area contributed by atoms with Crippen LogP contribution in [0.1, 0.15) is 5.56 Å². The summed E-state index contributed by atoms with van der Waals surface area (Å²) < 4.78 is 24.5. The van der Waals surface area contributed by atoms with Gasteiger partial charge in [-0.2, -0.15) is 9.48 Å². The number of nitrogens with two attached hydrogens (primary N) is 1. The van der Waals surface area contributed by atoms with Gasteiger partial charge in [0.2, 0.25) is 15.9 Å². The Labute approximate surface area is 182 Å². The molecular formula is C21H16BrClN3O2S+. The third-order valence-corrected chi connectivity index (χ3v) is 6.44. The van der Waals surface area contributed by atoms with Crippen LogP contribution in [0.2, 0.25) is 5.02 Å². The summed E-state index contributed by atoms with van der Waals surface area (Å²) in [5.74, 6) is 0.771. The first-order valence-corrected chi connectivity index (χ1v) is 11.3. The van der Waals surface area contributed by atoms with Gasteiger partial charge in [0.1, 0.15) is 17.6 Å².